The Labute approximate surface area is 122 Å². The van der Waals surface area contributed by atoms with Gasteiger partial charge in [-0.3, -0.25) is 4.90 Å². The maximum absolute atomic E-state index is 10.4. The maximum Gasteiger partial charge on any atom is 0.124 e. The molecule has 2 rings (SSSR count). The van der Waals surface area contributed by atoms with Crippen LogP contribution < -0.4 is 4.74 Å². The van der Waals surface area contributed by atoms with Gasteiger partial charge in [-0.2, -0.15) is 0 Å². The summed E-state index contributed by atoms with van der Waals surface area (Å²) in [5.41, 5.74) is 0.881. The van der Waals surface area contributed by atoms with Crippen LogP contribution in [-0.2, 0) is 0 Å². The molecule has 0 amide bonds. The first kappa shape index (κ1) is 15.3. The number of hydrogen-bond donors (Lipinski definition) is 1. The predicted octanol–water partition coefficient (Wildman–Crippen LogP) is 1.76. The smallest absolute Gasteiger partial charge is 0.124 e. The van der Waals surface area contributed by atoms with E-state index in [4.69, 9.17) is 4.74 Å². The molecule has 1 atom stereocenters. The molecule has 0 radical (unpaired) electrons. The third-order valence-electron chi connectivity index (χ3n) is 3.93. The average Bonchev–Trinajstić information content (AvgIpc) is 2.49. The van der Waals surface area contributed by atoms with Gasteiger partial charge < -0.3 is 14.7 Å². The van der Waals surface area contributed by atoms with E-state index in [2.05, 4.69) is 16.7 Å². The summed E-state index contributed by atoms with van der Waals surface area (Å²) in [4.78, 5) is 4.83. The summed E-state index contributed by atoms with van der Waals surface area (Å²) in [5, 5.41) is 10.4. The summed E-state index contributed by atoms with van der Waals surface area (Å²) in [6, 6.07) is 7.72. The number of benzene rings is 1. The molecule has 1 aliphatic rings. The van der Waals surface area contributed by atoms with Gasteiger partial charge in [0.05, 0.1) is 13.2 Å². The summed E-state index contributed by atoms with van der Waals surface area (Å²) in [6.45, 7) is 8.36. The highest BCUT2D eigenvalue weighted by Crippen LogP contribution is 2.25. The van der Waals surface area contributed by atoms with Crippen LogP contribution in [0, 0.1) is 0 Å². The lowest BCUT2D eigenvalue weighted by atomic mass is 10.1. The Balaban J connectivity index is 1.87. The van der Waals surface area contributed by atoms with Gasteiger partial charge >= 0.3 is 0 Å². The molecule has 0 spiro atoms. The Kier molecular flexibility index (Phi) is 5.83. The number of methoxy groups -OCH3 is 1. The van der Waals surface area contributed by atoms with Crippen molar-refractivity contribution >= 4 is 0 Å². The van der Waals surface area contributed by atoms with Crippen molar-refractivity contribution in [2.45, 2.75) is 19.4 Å². The highest BCUT2D eigenvalue weighted by atomic mass is 16.5. The molecule has 1 heterocycles. The van der Waals surface area contributed by atoms with Gasteiger partial charge in [0.25, 0.3) is 0 Å². The molecule has 0 bridgehead atoms. The summed E-state index contributed by atoms with van der Waals surface area (Å²) in [7, 11) is 1.65. The molecule has 0 saturated carbocycles. The van der Waals surface area contributed by atoms with Crippen molar-refractivity contribution in [3.05, 3.63) is 29.8 Å². The number of aliphatic hydroxyl groups excluding tert-OH is 1. The normalized spacial score (nSPS) is 18.9. The molecule has 0 aliphatic carbocycles. The van der Waals surface area contributed by atoms with E-state index in [1.807, 2.05) is 24.3 Å². The molecular formula is C16H26N2O2. The van der Waals surface area contributed by atoms with Crippen molar-refractivity contribution in [3.63, 3.8) is 0 Å². The molecule has 1 unspecified atom stereocenters. The molecule has 4 heteroatoms. The Hall–Kier alpha value is -1.10. The third-order valence-corrected chi connectivity index (χ3v) is 3.93. The van der Waals surface area contributed by atoms with Gasteiger partial charge in [-0.25, -0.2) is 0 Å². The van der Waals surface area contributed by atoms with Crippen LogP contribution in [-0.4, -0.2) is 61.3 Å². The summed E-state index contributed by atoms with van der Waals surface area (Å²) in [6.07, 6.45) is 0.730. The summed E-state index contributed by atoms with van der Waals surface area (Å²) >= 11 is 0. The van der Waals surface area contributed by atoms with Gasteiger partial charge in [-0.15, -0.1) is 0 Å². The molecule has 1 fully saturated rings. The number of hydrogen-bond acceptors (Lipinski definition) is 4. The Morgan fingerprint density at radius 2 is 1.80 bits per heavy atom. The van der Waals surface area contributed by atoms with Crippen molar-refractivity contribution in [2.75, 3.05) is 46.4 Å². The molecule has 1 N–H and O–H groups in total. The van der Waals surface area contributed by atoms with E-state index in [9.17, 15) is 5.11 Å². The lowest BCUT2D eigenvalue weighted by Crippen LogP contribution is -2.47. The minimum atomic E-state index is -0.483. The van der Waals surface area contributed by atoms with Crippen LogP contribution in [0.25, 0.3) is 0 Å². The highest BCUT2D eigenvalue weighted by molar-refractivity contribution is 5.35. The minimum Gasteiger partial charge on any atom is -0.496 e. The number of piperazine rings is 1. The van der Waals surface area contributed by atoms with Gasteiger partial charge in [-0.1, -0.05) is 25.1 Å². The van der Waals surface area contributed by atoms with Crippen LogP contribution in [0.3, 0.4) is 0 Å². The molecule has 1 saturated heterocycles. The highest BCUT2D eigenvalue weighted by Gasteiger charge is 2.20. The predicted molar refractivity (Wildman–Crippen MR) is 81.1 cm³/mol. The van der Waals surface area contributed by atoms with Crippen LogP contribution in [0.4, 0.5) is 0 Å². The summed E-state index contributed by atoms with van der Waals surface area (Å²) < 4.78 is 5.32. The summed E-state index contributed by atoms with van der Waals surface area (Å²) in [5.74, 6) is 0.768. The molecule has 20 heavy (non-hydrogen) atoms. The Morgan fingerprint density at radius 1 is 1.15 bits per heavy atom. The van der Waals surface area contributed by atoms with Crippen molar-refractivity contribution in [1.82, 2.24) is 9.80 Å². The van der Waals surface area contributed by atoms with Crippen LogP contribution >= 0.6 is 0 Å². The van der Waals surface area contributed by atoms with Gasteiger partial charge in [-0.05, 0) is 19.0 Å². The monoisotopic (exact) mass is 278 g/mol. The molecule has 1 aliphatic heterocycles. The van der Waals surface area contributed by atoms with Crippen molar-refractivity contribution in [2.24, 2.45) is 0 Å². The van der Waals surface area contributed by atoms with E-state index in [1.165, 1.54) is 13.0 Å². The van der Waals surface area contributed by atoms with Gasteiger partial charge in [0.15, 0.2) is 0 Å². The molecule has 1 aromatic carbocycles. The third kappa shape index (κ3) is 3.95. The van der Waals surface area contributed by atoms with Crippen LogP contribution in [0.15, 0.2) is 24.3 Å². The first-order valence-electron chi connectivity index (χ1n) is 7.50. The molecular weight excluding hydrogens is 252 g/mol. The van der Waals surface area contributed by atoms with E-state index in [0.29, 0.717) is 6.54 Å². The quantitative estimate of drug-likeness (QED) is 0.860. The standard InChI is InChI=1S/C16H26N2O2/c1-3-8-17-9-11-18(12-10-17)13-15(19)14-6-4-5-7-16(14)20-2/h4-7,15,19H,3,8-13H2,1-2H3. The van der Waals surface area contributed by atoms with Gasteiger partial charge in [0.1, 0.15) is 5.75 Å². The average molecular weight is 278 g/mol. The SMILES string of the molecule is CCCN1CCN(CC(O)c2ccccc2OC)CC1. The zero-order chi connectivity index (χ0) is 14.4. The van der Waals surface area contributed by atoms with E-state index < -0.39 is 6.10 Å². The topological polar surface area (TPSA) is 35.9 Å². The van der Waals surface area contributed by atoms with Crippen molar-refractivity contribution in [3.8, 4) is 5.75 Å². The fraction of sp³-hybridized carbons (Fsp3) is 0.625. The molecule has 4 nitrogen and oxygen atoms in total. The fourth-order valence-electron chi connectivity index (χ4n) is 2.80. The zero-order valence-corrected chi connectivity index (χ0v) is 12.6. The van der Waals surface area contributed by atoms with E-state index in [-0.39, 0.29) is 0 Å². The fourth-order valence-corrected chi connectivity index (χ4v) is 2.80. The number of β-amino-alcohol motifs (C(OH)–C–C–N with tert-alkyl or cyclic N) is 1. The van der Waals surface area contributed by atoms with E-state index in [0.717, 1.165) is 37.5 Å². The van der Waals surface area contributed by atoms with Crippen molar-refractivity contribution in [1.29, 1.82) is 0 Å². The second-order valence-electron chi connectivity index (χ2n) is 5.40. The number of ether oxygens (including phenoxy) is 1. The van der Waals surface area contributed by atoms with Gasteiger partial charge in [0.2, 0.25) is 0 Å². The van der Waals surface area contributed by atoms with Crippen LogP contribution in [0.5, 0.6) is 5.75 Å². The second-order valence-corrected chi connectivity index (χ2v) is 5.40. The maximum atomic E-state index is 10.4. The largest absolute Gasteiger partial charge is 0.496 e. The lowest BCUT2D eigenvalue weighted by molar-refractivity contribution is 0.0714. The first-order chi connectivity index (χ1) is 9.74. The Morgan fingerprint density at radius 3 is 2.45 bits per heavy atom. The number of rotatable bonds is 6. The minimum absolute atomic E-state index is 0.483. The number of aliphatic hydroxyl groups is 1. The van der Waals surface area contributed by atoms with Crippen LogP contribution in [0.2, 0.25) is 0 Å². The zero-order valence-electron chi connectivity index (χ0n) is 12.6. The molecule has 0 aromatic heterocycles. The first-order valence-corrected chi connectivity index (χ1v) is 7.50. The molecule has 112 valence electrons. The van der Waals surface area contributed by atoms with Crippen molar-refractivity contribution < 1.29 is 9.84 Å². The lowest BCUT2D eigenvalue weighted by Gasteiger charge is -2.35. The Bertz CT molecular complexity index is 403. The van der Waals surface area contributed by atoms with E-state index >= 15 is 0 Å². The second kappa shape index (κ2) is 7.62. The molecule has 1 aromatic rings. The van der Waals surface area contributed by atoms with E-state index in [1.54, 1.807) is 7.11 Å². The van der Waals surface area contributed by atoms with Gasteiger partial charge in [0, 0.05) is 38.3 Å². The van der Waals surface area contributed by atoms with Crippen LogP contribution in [0.1, 0.15) is 25.0 Å². The number of nitrogens with zero attached hydrogens (tertiary/aromatic N) is 2. The number of para-hydroxylation sites is 1.